The first-order valence-corrected chi connectivity index (χ1v) is 16.9. The molecule has 1 saturated heterocycles. The van der Waals surface area contributed by atoms with Gasteiger partial charge in [-0.15, -0.1) is 0 Å². The van der Waals surface area contributed by atoms with E-state index in [1.54, 1.807) is 0 Å². The molecule has 2 aromatic carbocycles. The normalized spacial score (nSPS) is 12.4. The fourth-order valence-corrected chi connectivity index (χ4v) is 5.65. The van der Waals surface area contributed by atoms with E-state index in [2.05, 4.69) is 55.9 Å². The smallest absolute Gasteiger partial charge is 0.247 e. The molecule has 1 amide bonds. The van der Waals surface area contributed by atoms with Gasteiger partial charge in [0, 0.05) is 49.5 Å². The standard InChI is InChI=1S/C18H20N6O.C15H18N6.C4H8O/c1-4-15(25)22-13-7-5-6-12(8-13)9-14-16-17(19)20-10-21-18(16)24(23-14)11(2)3;1-9(2)21-15-13(14(17)18-8-19-15)12(20-21)7-10-4-3-5-11(16)6-10;1-2-4-5-3-1/h4-8,10-11H,1,9H2,2-3H3,(H,22,25)(H2,19,20,21);3-6,8-9H,7,16H2,1-2H3,(H2,17,18,19);1-4H2. The second kappa shape index (κ2) is 16.7. The number of aromatic nitrogens is 8. The minimum atomic E-state index is -0.246. The first kappa shape index (κ1) is 36.4. The van der Waals surface area contributed by atoms with E-state index in [1.807, 2.05) is 71.7 Å². The summed E-state index contributed by atoms with van der Waals surface area (Å²) in [6.45, 7) is 13.7. The molecular weight excluding hydrogens is 644 g/mol. The van der Waals surface area contributed by atoms with Crippen molar-refractivity contribution in [3.63, 3.8) is 0 Å². The number of benzene rings is 2. The molecule has 0 unspecified atom stereocenters. The molecule has 0 bridgehead atoms. The monoisotopic (exact) mass is 690 g/mol. The van der Waals surface area contributed by atoms with Crippen molar-refractivity contribution in [2.75, 3.05) is 35.7 Å². The van der Waals surface area contributed by atoms with Gasteiger partial charge in [0.15, 0.2) is 11.3 Å². The Hall–Kier alpha value is -5.89. The largest absolute Gasteiger partial charge is 0.399 e. The van der Waals surface area contributed by atoms with E-state index >= 15 is 0 Å². The number of nitrogens with two attached hydrogens (primary N) is 3. The second-order valence-corrected chi connectivity index (χ2v) is 12.7. The van der Waals surface area contributed by atoms with Gasteiger partial charge in [0.2, 0.25) is 5.91 Å². The molecule has 266 valence electrons. The molecule has 0 atom stereocenters. The lowest BCUT2D eigenvalue weighted by atomic mass is 10.1. The molecule has 4 aromatic heterocycles. The molecule has 0 saturated carbocycles. The summed E-state index contributed by atoms with van der Waals surface area (Å²) in [5, 5.41) is 13.7. The third-order valence-electron chi connectivity index (χ3n) is 8.06. The van der Waals surface area contributed by atoms with E-state index < -0.39 is 0 Å². The number of anilines is 4. The van der Waals surface area contributed by atoms with Crippen LogP contribution in [0.2, 0.25) is 0 Å². The van der Waals surface area contributed by atoms with Crippen molar-refractivity contribution in [1.82, 2.24) is 39.5 Å². The number of ether oxygens (including phenoxy) is 1. The van der Waals surface area contributed by atoms with Crippen molar-refractivity contribution in [2.45, 2.75) is 65.5 Å². The summed E-state index contributed by atoms with van der Waals surface area (Å²) in [5.74, 6) is 0.637. The Morgan fingerprint density at radius 3 is 1.76 bits per heavy atom. The average molecular weight is 691 g/mol. The SMILES string of the molecule is C1CCOC1.C=CC(=O)Nc1cccc(Cc2nn(C(C)C)c3ncnc(N)c23)c1.CC(C)n1nc(Cc2cccc(N)c2)c2c(N)ncnc21. The summed E-state index contributed by atoms with van der Waals surface area (Å²) in [5.41, 5.74) is 24.7. The van der Waals surface area contributed by atoms with Crippen LogP contribution in [-0.4, -0.2) is 58.6 Å². The molecule has 1 fully saturated rings. The minimum Gasteiger partial charge on any atom is -0.399 e. The van der Waals surface area contributed by atoms with E-state index in [9.17, 15) is 4.79 Å². The van der Waals surface area contributed by atoms with Gasteiger partial charge in [-0.25, -0.2) is 29.3 Å². The average Bonchev–Trinajstić information content (AvgIpc) is 3.87. The third-order valence-corrected chi connectivity index (χ3v) is 8.06. The number of hydrogen-bond donors (Lipinski definition) is 4. The Labute approximate surface area is 297 Å². The number of nitrogens with one attached hydrogen (secondary N) is 1. The lowest BCUT2D eigenvalue weighted by molar-refractivity contribution is -0.111. The highest BCUT2D eigenvalue weighted by atomic mass is 16.5. The highest BCUT2D eigenvalue weighted by Gasteiger charge is 2.19. The minimum absolute atomic E-state index is 0.156. The zero-order valence-corrected chi connectivity index (χ0v) is 29.6. The lowest BCUT2D eigenvalue weighted by Gasteiger charge is -2.06. The molecule has 7 rings (SSSR count). The maximum Gasteiger partial charge on any atom is 0.247 e. The fraction of sp³-hybridized carbons (Fsp3) is 0.324. The van der Waals surface area contributed by atoms with E-state index in [1.165, 1.54) is 31.6 Å². The Morgan fingerprint density at radius 1 is 0.804 bits per heavy atom. The number of nitrogens with zero attached hydrogens (tertiary/aromatic N) is 8. The number of amides is 1. The molecule has 14 heteroatoms. The number of hydrogen-bond acceptors (Lipinski definition) is 11. The van der Waals surface area contributed by atoms with E-state index in [-0.39, 0.29) is 18.0 Å². The highest BCUT2D eigenvalue weighted by Crippen LogP contribution is 2.27. The molecule has 0 aliphatic carbocycles. The molecular formula is C37H46N12O2. The summed E-state index contributed by atoms with van der Waals surface area (Å²) in [6, 6.07) is 15.7. The number of carbonyl (C=O) groups is 1. The fourth-order valence-electron chi connectivity index (χ4n) is 5.65. The van der Waals surface area contributed by atoms with Gasteiger partial charge in [0.05, 0.1) is 22.2 Å². The van der Waals surface area contributed by atoms with E-state index in [0.717, 1.165) is 63.5 Å². The molecule has 6 aromatic rings. The van der Waals surface area contributed by atoms with Gasteiger partial charge in [-0.2, -0.15) is 10.2 Å². The van der Waals surface area contributed by atoms with Gasteiger partial charge < -0.3 is 27.3 Å². The number of fused-ring (bicyclic) bond motifs is 2. The summed E-state index contributed by atoms with van der Waals surface area (Å²) >= 11 is 0. The van der Waals surface area contributed by atoms with Gasteiger partial charge in [-0.1, -0.05) is 30.8 Å². The molecule has 14 nitrogen and oxygen atoms in total. The van der Waals surface area contributed by atoms with Crippen LogP contribution in [0.1, 0.15) is 75.1 Å². The Morgan fingerprint density at radius 2 is 1.31 bits per heavy atom. The van der Waals surface area contributed by atoms with E-state index in [0.29, 0.717) is 30.2 Å². The van der Waals surface area contributed by atoms with Crippen molar-refractivity contribution in [3.05, 3.63) is 96.4 Å². The predicted molar refractivity (Wildman–Crippen MR) is 202 cm³/mol. The Kier molecular flexibility index (Phi) is 11.9. The summed E-state index contributed by atoms with van der Waals surface area (Å²) < 4.78 is 8.68. The van der Waals surface area contributed by atoms with Crippen LogP contribution in [0.5, 0.6) is 0 Å². The zero-order valence-electron chi connectivity index (χ0n) is 29.6. The quantitative estimate of drug-likeness (QED) is 0.113. The lowest BCUT2D eigenvalue weighted by Crippen LogP contribution is -2.07. The second-order valence-electron chi connectivity index (χ2n) is 12.7. The van der Waals surface area contributed by atoms with Crippen molar-refractivity contribution in [3.8, 4) is 0 Å². The van der Waals surface area contributed by atoms with Gasteiger partial charge in [0.25, 0.3) is 0 Å². The van der Waals surface area contributed by atoms with Crippen LogP contribution in [0.15, 0.2) is 73.8 Å². The molecule has 0 radical (unpaired) electrons. The molecule has 1 aliphatic heterocycles. The first-order chi connectivity index (χ1) is 24.5. The van der Waals surface area contributed by atoms with Crippen LogP contribution in [0, 0.1) is 0 Å². The number of nitrogen functional groups attached to an aromatic ring is 3. The van der Waals surface area contributed by atoms with Crippen LogP contribution >= 0.6 is 0 Å². The third kappa shape index (κ3) is 9.02. The highest BCUT2D eigenvalue weighted by molar-refractivity contribution is 5.99. The molecule has 1 aliphatic rings. The molecule has 51 heavy (non-hydrogen) atoms. The zero-order chi connectivity index (χ0) is 36.5. The van der Waals surface area contributed by atoms with E-state index in [4.69, 9.17) is 21.9 Å². The predicted octanol–water partition coefficient (Wildman–Crippen LogP) is 5.66. The number of carbonyl (C=O) groups excluding carboxylic acids is 1. The summed E-state index contributed by atoms with van der Waals surface area (Å²) in [7, 11) is 0. The van der Waals surface area contributed by atoms with Crippen LogP contribution in [0.25, 0.3) is 22.1 Å². The maximum atomic E-state index is 11.5. The number of rotatable bonds is 8. The van der Waals surface area contributed by atoms with Crippen molar-refractivity contribution < 1.29 is 9.53 Å². The summed E-state index contributed by atoms with van der Waals surface area (Å²) in [4.78, 5) is 28.3. The van der Waals surface area contributed by atoms with Gasteiger partial charge in [-0.3, -0.25) is 4.79 Å². The van der Waals surface area contributed by atoms with Crippen LogP contribution in [-0.2, 0) is 22.4 Å². The van der Waals surface area contributed by atoms with Crippen LogP contribution in [0.4, 0.5) is 23.0 Å². The van der Waals surface area contributed by atoms with Crippen molar-refractivity contribution >= 4 is 51.0 Å². The Balaban J connectivity index is 0.000000175. The van der Waals surface area contributed by atoms with Gasteiger partial charge >= 0.3 is 0 Å². The summed E-state index contributed by atoms with van der Waals surface area (Å²) in [6.07, 6.45) is 7.93. The molecule has 7 N–H and O–H groups in total. The van der Waals surface area contributed by atoms with Crippen molar-refractivity contribution in [1.29, 1.82) is 0 Å². The molecule has 5 heterocycles. The maximum absolute atomic E-state index is 11.5. The topological polar surface area (TPSA) is 204 Å². The van der Waals surface area contributed by atoms with Gasteiger partial charge in [-0.05, 0) is 82.0 Å². The Bertz CT molecular complexity index is 2110. The first-order valence-electron chi connectivity index (χ1n) is 16.9. The van der Waals surface area contributed by atoms with Crippen LogP contribution in [0.3, 0.4) is 0 Å². The van der Waals surface area contributed by atoms with Crippen molar-refractivity contribution in [2.24, 2.45) is 0 Å². The molecule has 0 spiro atoms. The van der Waals surface area contributed by atoms with Crippen LogP contribution < -0.4 is 22.5 Å². The van der Waals surface area contributed by atoms with Gasteiger partial charge in [0.1, 0.15) is 24.3 Å².